The largest absolute Gasteiger partial charge is 0.455 e. The number of nitrogen functional groups attached to an aromatic ring is 1. The highest BCUT2D eigenvalue weighted by atomic mass is 16.5. The smallest absolute Gasteiger partial charge is 0.330 e. The number of hydrogen-bond donors (Lipinski definition) is 2. The summed E-state index contributed by atoms with van der Waals surface area (Å²) in [4.78, 5) is 53.5. The van der Waals surface area contributed by atoms with Gasteiger partial charge >= 0.3 is 11.7 Å². The number of unbranched alkanes of at least 4 members (excludes halogenated alkanes) is 1. The second kappa shape index (κ2) is 8.84. The van der Waals surface area contributed by atoms with Gasteiger partial charge in [-0.3, -0.25) is 28.8 Å². The van der Waals surface area contributed by atoms with Crippen LogP contribution in [0.2, 0.25) is 0 Å². The molecule has 0 radical (unpaired) electrons. The lowest BCUT2D eigenvalue weighted by atomic mass is 10.2. The number of carbonyl (C=O) groups excluding carboxylic acids is 2. The van der Waals surface area contributed by atoms with Crippen molar-refractivity contribution in [3.8, 4) is 0 Å². The molecule has 1 amide bonds. The Balaban J connectivity index is 1.90. The molecular formula is C20H30N4O5. The Morgan fingerprint density at radius 1 is 1.28 bits per heavy atom. The van der Waals surface area contributed by atoms with Gasteiger partial charge in [0.2, 0.25) is 0 Å². The molecule has 0 aliphatic heterocycles. The van der Waals surface area contributed by atoms with Crippen molar-refractivity contribution in [1.29, 1.82) is 0 Å². The van der Waals surface area contributed by atoms with E-state index in [-0.39, 0.29) is 35.4 Å². The third-order valence-electron chi connectivity index (χ3n) is 5.90. The van der Waals surface area contributed by atoms with Crippen LogP contribution in [-0.2, 0) is 20.9 Å². The Morgan fingerprint density at radius 3 is 2.52 bits per heavy atom. The van der Waals surface area contributed by atoms with E-state index in [1.54, 1.807) is 0 Å². The van der Waals surface area contributed by atoms with Crippen LogP contribution in [0.25, 0.3) is 0 Å². The van der Waals surface area contributed by atoms with Crippen molar-refractivity contribution in [2.75, 3.05) is 17.2 Å². The van der Waals surface area contributed by atoms with Crippen LogP contribution < -0.4 is 21.9 Å². The number of ether oxygens (including phenoxy) is 1. The molecule has 2 aliphatic rings. The van der Waals surface area contributed by atoms with Gasteiger partial charge in [0.05, 0.1) is 5.92 Å². The molecule has 2 aliphatic carbocycles. The van der Waals surface area contributed by atoms with Crippen LogP contribution >= 0.6 is 0 Å². The van der Waals surface area contributed by atoms with E-state index in [1.165, 1.54) is 9.47 Å². The quantitative estimate of drug-likeness (QED) is 0.628. The number of amides is 1. The van der Waals surface area contributed by atoms with Crippen LogP contribution in [0, 0.1) is 11.8 Å². The summed E-state index contributed by atoms with van der Waals surface area (Å²) in [5.74, 6) is -0.755. The van der Waals surface area contributed by atoms with Crippen LogP contribution in [0.5, 0.6) is 0 Å². The molecule has 1 aromatic rings. The van der Waals surface area contributed by atoms with Crippen molar-refractivity contribution < 1.29 is 14.3 Å². The zero-order chi connectivity index (χ0) is 21.1. The Labute approximate surface area is 169 Å². The fraction of sp³-hybridized carbons (Fsp3) is 0.700. The molecule has 3 N–H and O–H groups in total. The van der Waals surface area contributed by atoms with Gasteiger partial charge in [-0.25, -0.2) is 4.79 Å². The summed E-state index contributed by atoms with van der Waals surface area (Å²) in [5, 5.41) is 0. The highest BCUT2D eigenvalue weighted by Crippen LogP contribution is 2.38. The fourth-order valence-corrected chi connectivity index (χ4v) is 3.98. The normalized spacial score (nSPS) is 21.2. The Bertz CT molecular complexity index is 884. The minimum atomic E-state index is -0.692. The first-order valence-electron chi connectivity index (χ1n) is 10.5. The second-order valence-electron chi connectivity index (χ2n) is 8.13. The minimum Gasteiger partial charge on any atom is -0.455 e. The van der Waals surface area contributed by atoms with E-state index < -0.39 is 23.8 Å². The van der Waals surface area contributed by atoms with E-state index in [9.17, 15) is 19.2 Å². The van der Waals surface area contributed by atoms with Gasteiger partial charge in [0.25, 0.3) is 11.5 Å². The Kier molecular flexibility index (Phi) is 6.44. The number of aromatic nitrogens is 2. The molecule has 160 valence electrons. The molecule has 0 unspecified atom stereocenters. The summed E-state index contributed by atoms with van der Waals surface area (Å²) >= 11 is 0. The molecule has 1 aromatic heterocycles. The molecule has 0 aromatic carbocycles. The number of carbonyl (C=O) groups is 2. The number of esters is 1. The molecular weight excluding hydrogens is 376 g/mol. The molecule has 9 nitrogen and oxygen atoms in total. The van der Waals surface area contributed by atoms with E-state index in [0.717, 1.165) is 38.5 Å². The van der Waals surface area contributed by atoms with Crippen LogP contribution in [0.4, 0.5) is 11.5 Å². The van der Waals surface area contributed by atoms with Crippen molar-refractivity contribution in [2.24, 2.45) is 11.8 Å². The summed E-state index contributed by atoms with van der Waals surface area (Å²) in [5.41, 5.74) is 4.91. The highest BCUT2D eigenvalue weighted by molar-refractivity contribution is 5.98. The molecule has 0 saturated heterocycles. The van der Waals surface area contributed by atoms with Gasteiger partial charge in [0, 0.05) is 12.6 Å². The van der Waals surface area contributed by atoms with Crippen molar-refractivity contribution in [3.05, 3.63) is 20.8 Å². The first-order valence-corrected chi connectivity index (χ1v) is 10.5. The summed E-state index contributed by atoms with van der Waals surface area (Å²) in [6.45, 7) is 3.85. The van der Waals surface area contributed by atoms with E-state index in [1.807, 2.05) is 13.8 Å². The number of H-pyrrole nitrogens is 1. The second-order valence-corrected chi connectivity index (χ2v) is 8.13. The van der Waals surface area contributed by atoms with E-state index in [0.29, 0.717) is 13.0 Å². The molecule has 3 rings (SSSR count). The van der Waals surface area contributed by atoms with Gasteiger partial charge in [-0.15, -0.1) is 0 Å². The maximum atomic E-state index is 13.0. The van der Waals surface area contributed by atoms with Gasteiger partial charge in [-0.1, -0.05) is 33.1 Å². The predicted octanol–water partition coefficient (Wildman–Crippen LogP) is 1.39. The predicted molar refractivity (Wildman–Crippen MR) is 109 cm³/mol. The van der Waals surface area contributed by atoms with Crippen LogP contribution in [0.15, 0.2) is 9.59 Å². The number of nitrogens with two attached hydrogens (primary N) is 1. The first kappa shape index (κ1) is 21.1. The number of hydrogen-bond acceptors (Lipinski definition) is 6. The van der Waals surface area contributed by atoms with E-state index >= 15 is 0 Å². The zero-order valence-electron chi connectivity index (χ0n) is 17.1. The van der Waals surface area contributed by atoms with Crippen molar-refractivity contribution >= 4 is 23.4 Å². The van der Waals surface area contributed by atoms with Crippen LogP contribution in [0.3, 0.4) is 0 Å². The maximum Gasteiger partial charge on any atom is 0.330 e. The van der Waals surface area contributed by atoms with Gasteiger partial charge in [-0.05, 0) is 31.6 Å². The monoisotopic (exact) mass is 406 g/mol. The third-order valence-corrected chi connectivity index (χ3v) is 5.90. The van der Waals surface area contributed by atoms with Gasteiger partial charge in [-0.2, -0.15) is 0 Å². The van der Waals surface area contributed by atoms with Crippen LogP contribution in [-0.4, -0.2) is 34.1 Å². The zero-order valence-corrected chi connectivity index (χ0v) is 17.1. The number of anilines is 2. The summed E-state index contributed by atoms with van der Waals surface area (Å²) < 4.78 is 6.51. The summed E-state index contributed by atoms with van der Waals surface area (Å²) in [7, 11) is 0. The number of nitrogens with zero attached hydrogens (tertiary/aromatic N) is 2. The van der Waals surface area contributed by atoms with Crippen molar-refractivity contribution in [2.45, 2.75) is 71.4 Å². The molecule has 2 saturated carbocycles. The number of rotatable bonds is 8. The molecule has 0 spiro atoms. The SMILES string of the molecule is CCCCn1c(N)c(N(C(=O)COC(=O)[C@H]2C[C@H]2C)C2CCCC2)c(=O)[nH]c1=O. The van der Waals surface area contributed by atoms with E-state index in [2.05, 4.69) is 4.98 Å². The third kappa shape index (κ3) is 4.54. The lowest BCUT2D eigenvalue weighted by Crippen LogP contribution is -2.47. The summed E-state index contributed by atoms with van der Waals surface area (Å²) in [6, 6.07) is -0.207. The van der Waals surface area contributed by atoms with Crippen molar-refractivity contribution in [3.63, 3.8) is 0 Å². The average molecular weight is 406 g/mol. The van der Waals surface area contributed by atoms with Crippen LogP contribution in [0.1, 0.15) is 58.8 Å². The maximum absolute atomic E-state index is 13.0. The number of nitrogens with one attached hydrogen (secondary N) is 1. The minimum absolute atomic E-state index is 0.0189. The van der Waals surface area contributed by atoms with Gasteiger partial charge < -0.3 is 10.5 Å². The topological polar surface area (TPSA) is 127 Å². The fourth-order valence-electron chi connectivity index (χ4n) is 3.98. The van der Waals surface area contributed by atoms with Gasteiger partial charge in [0.15, 0.2) is 12.3 Å². The molecule has 29 heavy (non-hydrogen) atoms. The molecule has 2 fully saturated rings. The lowest BCUT2D eigenvalue weighted by molar-refractivity contribution is -0.149. The van der Waals surface area contributed by atoms with Gasteiger partial charge in [0.1, 0.15) is 5.82 Å². The molecule has 2 atom stereocenters. The first-order chi connectivity index (χ1) is 13.8. The van der Waals surface area contributed by atoms with E-state index in [4.69, 9.17) is 10.5 Å². The van der Waals surface area contributed by atoms with Crippen molar-refractivity contribution in [1.82, 2.24) is 9.55 Å². The number of aromatic amines is 1. The standard InChI is InChI=1S/C20H30N4O5/c1-3-4-9-23-17(21)16(18(26)22-20(23)28)24(13-7-5-6-8-13)15(25)11-29-19(27)14-10-12(14)2/h12-14H,3-11,21H2,1-2H3,(H,22,26,28)/t12-,14+/m1/s1. The molecule has 1 heterocycles. The average Bonchev–Trinajstić information content (AvgIpc) is 3.17. The highest BCUT2D eigenvalue weighted by Gasteiger charge is 2.41. The lowest BCUT2D eigenvalue weighted by Gasteiger charge is -2.29. The Hall–Kier alpha value is -2.58. The molecule has 9 heteroatoms. The molecule has 0 bridgehead atoms. The Morgan fingerprint density at radius 2 is 1.93 bits per heavy atom. The summed E-state index contributed by atoms with van der Waals surface area (Å²) in [6.07, 6.45) is 5.65.